The topological polar surface area (TPSA) is 0 Å². The predicted molar refractivity (Wildman–Crippen MR) is 276 cm³/mol. The summed E-state index contributed by atoms with van der Waals surface area (Å²) in [5.74, 6) is 0. The maximum Gasteiger partial charge on any atom is -0.00195 e. The van der Waals surface area contributed by atoms with Gasteiger partial charge in [-0.05, 0) is 275 Å². The van der Waals surface area contributed by atoms with Crippen LogP contribution in [0.25, 0.3) is 120 Å². The number of benzene rings is 10. The Balaban J connectivity index is 1.29. The number of hydrogen-bond acceptors (Lipinski definition) is 0. The van der Waals surface area contributed by atoms with Gasteiger partial charge in [-0.25, -0.2) is 0 Å². The van der Waals surface area contributed by atoms with Crippen LogP contribution in [0.2, 0.25) is 0 Å². The average Bonchev–Trinajstić information content (AvgIpc) is 3.72. The van der Waals surface area contributed by atoms with Crippen LogP contribution in [-0.2, 0) is 0 Å². The monoisotopic (exact) mass is 806 g/mol. The number of rotatable bonds is 4. The lowest BCUT2D eigenvalue weighted by molar-refractivity contribution is 1.32. The molecule has 302 valence electrons. The maximum absolute atomic E-state index is 2.56. The van der Waals surface area contributed by atoms with E-state index in [1.165, 1.54) is 170 Å². The Labute approximate surface area is 370 Å². The summed E-state index contributed by atoms with van der Waals surface area (Å²) in [6.07, 6.45) is 0. The molecule has 0 aromatic heterocycles. The molecule has 0 heterocycles. The van der Waals surface area contributed by atoms with E-state index in [9.17, 15) is 0 Å². The normalized spacial score (nSPS) is 12.2. The van der Waals surface area contributed by atoms with Crippen molar-refractivity contribution in [3.05, 3.63) is 190 Å². The van der Waals surface area contributed by atoms with E-state index in [1.807, 2.05) is 0 Å². The first-order valence-electron chi connectivity index (χ1n) is 22.6. The summed E-state index contributed by atoms with van der Waals surface area (Å²) in [6.45, 7) is 20.3. The molecule has 0 aliphatic heterocycles. The SMILES string of the molecule is Cc1cc(C)c(-c2ccc3c(c2)c2cc4c(cc5c6cc(-c7c(C)cccc7C)ccc6c6cc(-c7c(C)cccc7C)cc4c65)c4cc(-c5c(C)cccc5C)cc3c42)c(C)c1. The molecule has 0 unspecified atom stereocenters. The molecular formula is C63H50. The van der Waals surface area contributed by atoms with Crippen LogP contribution < -0.4 is 0 Å². The molecule has 0 radical (unpaired) electrons. The van der Waals surface area contributed by atoms with Crippen molar-refractivity contribution in [1.29, 1.82) is 0 Å². The summed E-state index contributed by atoms with van der Waals surface area (Å²) in [7, 11) is 0. The van der Waals surface area contributed by atoms with Gasteiger partial charge < -0.3 is 0 Å². The quantitative estimate of drug-likeness (QED) is 0.155. The third-order valence-electron chi connectivity index (χ3n) is 14.7. The van der Waals surface area contributed by atoms with Gasteiger partial charge in [-0.3, -0.25) is 0 Å². The van der Waals surface area contributed by atoms with Crippen molar-refractivity contribution in [2.24, 2.45) is 0 Å². The minimum Gasteiger partial charge on any atom is -0.0617 e. The first-order chi connectivity index (χ1) is 30.4. The van der Waals surface area contributed by atoms with Gasteiger partial charge in [0.1, 0.15) is 0 Å². The Hall–Kier alpha value is -7.02. The minimum absolute atomic E-state index is 1.28. The van der Waals surface area contributed by atoms with Gasteiger partial charge in [0.15, 0.2) is 0 Å². The van der Waals surface area contributed by atoms with Gasteiger partial charge in [-0.2, -0.15) is 0 Å². The largest absolute Gasteiger partial charge is 0.0617 e. The first-order valence-corrected chi connectivity index (χ1v) is 22.6. The molecule has 0 amide bonds. The lowest BCUT2D eigenvalue weighted by Gasteiger charge is -2.16. The molecule has 0 N–H and O–H groups in total. The molecule has 0 heteroatoms. The fourth-order valence-electron chi connectivity index (χ4n) is 12.2. The zero-order valence-electron chi connectivity index (χ0n) is 37.8. The molecule has 0 atom stereocenters. The van der Waals surface area contributed by atoms with Crippen LogP contribution >= 0.6 is 0 Å². The molecule has 12 aromatic rings. The molecule has 63 heavy (non-hydrogen) atoms. The third-order valence-corrected chi connectivity index (χ3v) is 14.7. The van der Waals surface area contributed by atoms with E-state index in [2.05, 4.69) is 202 Å². The first kappa shape index (κ1) is 37.7. The van der Waals surface area contributed by atoms with Crippen molar-refractivity contribution in [2.45, 2.75) is 62.3 Å². The summed E-state index contributed by atoms with van der Waals surface area (Å²) < 4.78 is 0. The predicted octanol–water partition coefficient (Wildman–Crippen LogP) is 18.1. The van der Waals surface area contributed by atoms with E-state index in [0.29, 0.717) is 0 Å². The number of aryl methyl sites for hydroxylation is 9. The van der Waals surface area contributed by atoms with Gasteiger partial charge in [-0.1, -0.05) is 96.6 Å². The Morgan fingerprint density at radius 2 is 0.476 bits per heavy atom. The van der Waals surface area contributed by atoms with Crippen LogP contribution in [0, 0.1) is 62.3 Å². The van der Waals surface area contributed by atoms with Crippen molar-refractivity contribution < 1.29 is 0 Å². The summed E-state index contributed by atoms with van der Waals surface area (Å²) in [4.78, 5) is 0. The molecule has 0 aliphatic rings. The Bertz CT molecular complexity index is 3840. The maximum atomic E-state index is 2.56. The highest BCUT2D eigenvalue weighted by Gasteiger charge is 2.24. The van der Waals surface area contributed by atoms with Crippen LogP contribution in [0.15, 0.2) is 140 Å². The van der Waals surface area contributed by atoms with Crippen molar-refractivity contribution in [3.8, 4) is 44.5 Å². The van der Waals surface area contributed by atoms with Gasteiger partial charge in [0.2, 0.25) is 0 Å². The summed E-state index contributed by atoms with van der Waals surface area (Å²) in [6, 6.07) is 54.4. The molecule has 12 aromatic carbocycles. The summed E-state index contributed by atoms with van der Waals surface area (Å²) in [5.41, 5.74) is 22.3. The number of fused-ring (bicyclic) bond motifs is 9. The zero-order chi connectivity index (χ0) is 43.2. The Morgan fingerprint density at radius 1 is 0.206 bits per heavy atom. The van der Waals surface area contributed by atoms with E-state index in [-0.39, 0.29) is 0 Å². The van der Waals surface area contributed by atoms with Crippen molar-refractivity contribution in [3.63, 3.8) is 0 Å². The van der Waals surface area contributed by atoms with Gasteiger partial charge in [-0.15, -0.1) is 0 Å². The van der Waals surface area contributed by atoms with Crippen molar-refractivity contribution >= 4 is 75.4 Å². The van der Waals surface area contributed by atoms with E-state index in [0.717, 1.165) is 0 Å². The van der Waals surface area contributed by atoms with Crippen molar-refractivity contribution in [1.82, 2.24) is 0 Å². The smallest absolute Gasteiger partial charge is 0.00195 e. The van der Waals surface area contributed by atoms with Gasteiger partial charge >= 0.3 is 0 Å². The van der Waals surface area contributed by atoms with Crippen molar-refractivity contribution in [2.75, 3.05) is 0 Å². The molecule has 0 saturated heterocycles. The van der Waals surface area contributed by atoms with Gasteiger partial charge in [0.25, 0.3) is 0 Å². The lowest BCUT2D eigenvalue weighted by Crippen LogP contribution is -1.90. The molecule has 12 rings (SSSR count). The summed E-state index contributed by atoms with van der Waals surface area (Å²) in [5, 5.41) is 18.6. The molecular weight excluding hydrogens is 757 g/mol. The Morgan fingerprint density at radius 3 is 0.841 bits per heavy atom. The van der Waals surface area contributed by atoms with Crippen LogP contribution in [-0.4, -0.2) is 0 Å². The minimum atomic E-state index is 1.28. The Kier molecular flexibility index (Phi) is 8.08. The van der Waals surface area contributed by atoms with E-state index in [1.54, 1.807) is 0 Å². The second-order valence-corrected chi connectivity index (χ2v) is 18.9. The van der Waals surface area contributed by atoms with Gasteiger partial charge in [0.05, 0.1) is 0 Å². The van der Waals surface area contributed by atoms with Crippen LogP contribution in [0.5, 0.6) is 0 Å². The van der Waals surface area contributed by atoms with Gasteiger partial charge in [0, 0.05) is 0 Å². The highest BCUT2D eigenvalue weighted by Crippen LogP contribution is 2.51. The fraction of sp³-hybridized carbons (Fsp3) is 0.143. The zero-order valence-corrected chi connectivity index (χ0v) is 37.8. The molecule has 0 bridgehead atoms. The van der Waals surface area contributed by atoms with Crippen LogP contribution in [0.3, 0.4) is 0 Å². The van der Waals surface area contributed by atoms with E-state index >= 15 is 0 Å². The van der Waals surface area contributed by atoms with E-state index in [4.69, 9.17) is 0 Å². The third kappa shape index (κ3) is 5.40. The van der Waals surface area contributed by atoms with Crippen LogP contribution in [0.4, 0.5) is 0 Å². The summed E-state index contributed by atoms with van der Waals surface area (Å²) >= 11 is 0. The highest BCUT2D eigenvalue weighted by atomic mass is 14.3. The lowest BCUT2D eigenvalue weighted by atomic mass is 9.87. The second kappa shape index (κ2) is 13.5. The fourth-order valence-corrected chi connectivity index (χ4v) is 12.2. The van der Waals surface area contributed by atoms with E-state index < -0.39 is 0 Å². The van der Waals surface area contributed by atoms with Crippen LogP contribution in [0.1, 0.15) is 50.1 Å². The molecule has 0 fully saturated rings. The second-order valence-electron chi connectivity index (χ2n) is 18.9. The molecule has 0 nitrogen and oxygen atoms in total. The average molecular weight is 807 g/mol. The standard InChI is InChI=1S/C63H50/c1-33-23-40(8)61(41(9)24-33)43-20-22-47-49(26-43)57-32-51-50(55-30-45(28-53(47)63(55)57)60-38(6)17-12-18-39(60)7)31-56-48-25-42(58-34(2)13-10-14-35(58)3)19-21-46(48)52-27-44(29-54(51)62(52)56)59-36(4)15-11-16-37(59)5/h10-32H,1-9H3. The molecule has 0 aliphatic carbocycles. The highest BCUT2D eigenvalue weighted by molar-refractivity contribution is 6.42. The number of hydrogen-bond donors (Lipinski definition) is 0. The molecule has 0 spiro atoms. The molecule has 0 saturated carbocycles.